The third-order valence-electron chi connectivity index (χ3n) is 3.47. The second-order valence-electron chi connectivity index (χ2n) is 5.26. The number of halogens is 1. The molecule has 1 N–H and O–H groups in total. The summed E-state index contributed by atoms with van der Waals surface area (Å²) in [6.07, 6.45) is 3.01. The molecule has 0 fully saturated rings. The van der Waals surface area contributed by atoms with Crippen molar-refractivity contribution in [3.63, 3.8) is 0 Å². The van der Waals surface area contributed by atoms with Gasteiger partial charge in [0.2, 0.25) is 5.43 Å². The summed E-state index contributed by atoms with van der Waals surface area (Å²) in [5.41, 5.74) is 1.87. The van der Waals surface area contributed by atoms with E-state index in [-0.39, 0.29) is 17.5 Å². The Morgan fingerprint density at radius 1 is 1.16 bits per heavy atom. The molecule has 0 saturated heterocycles. The first kappa shape index (κ1) is 16.8. The second kappa shape index (κ2) is 7.68. The number of nitrogens with one attached hydrogen (secondary N) is 1. The Balaban J connectivity index is 2.10. The van der Waals surface area contributed by atoms with Crippen LogP contribution in [0.1, 0.15) is 12.1 Å². The summed E-state index contributed by atoms with van der Waals surface area (Å²) < 4.78 is 1.58. The van der Waals surface area contributed by atoms with Crippen LogP contribution in [0.4, 0.5) is 5.69 Å². The van der Waals surface area contributed by atoms with Crippen molar-refractivity contribution in [1.29, 1.82) is 5.41 Å². The van der Waals surface area contributed by atoms with E-state index in [1.54, 1.807) is 23.0 Å². The number of benzene rings is 2. The molecular weight excluding hydrogens is 336 g/mol. The molecule has 5 nitrogen and oxygen atoms in total. The zero-order valence-electron chi connectivity index (χ0n) is 13.3. The van der Waals surface area contributed by atoms with Crippen molar-refractivity contribution in [2.75, 3.05) is 0 Å². The van der Waals surface area contributed by atoms with Gasteiger partial charge in [0.1, 0.15) is 0 Å². The first-order valence-electron chi connectivity index (χ1n) is 7.65. The van der Waals surface area contributed by atoms with Crippen LogP contribution in [0.15, 0.2) is 76.6 Å². The average Bonchev–Trinajstić information content (AvgIpc) is 2.63. The molecular formula is C19H15ClN4O. The van der Waals surface area contributed by atoms with Crippen LogP contribution in [0.3, 0.4) is 0 Å². The lowest BCUT2D eigenvalue weighted by Gasteiger charge is -2.09. The smallest absolute Gasteiger partial charge is 0.209 e. The molecule has 25 heavy (non-hydrogen) atoms. The maximum absolute atomic E-state index is 12.3. The van der Waals surface area contributed by atoms with Crippen LogP contribution in [0.5, 0.6) is 0 Å². The number of hydrogen-bond acceptors (Lipinski definition) is 4. The van der Waals surface area contributed by atoms with Crippen molar-refractivity contribution >= 4 is 29.2 Å². The number of rotatable bonds is 5. The predicted molar refractivity (Wildman–Crippen MR) is 101 cm³/mol. The highest BCUT2D eigenvalue weighted by Gasteiger charge is 2.11. The quantitative estimate of drug-likeness (QED) is 0.705. The summed E-state index contributed by atoms with van der Waals surface area (Å²) in [7, 11) is 0. The largest absolute Gasteiger partial charge is 0.313 e. The van der Waals surface area contributed by atoms with Gasteiger partial charge in [-0.15, -0.1) is 0 Å². The molecule has 0 atom stereocenters. The highest BCUT2D eigenvalue weighted by molar-refractivity contribution is 6.30. The number of para-hydroxylation sites is 1. The van der Waals surface area contributed by atoms with Gasteiger partial charge < -0.3 is 5.41 Å². The Labute approximate surface area is 149 Å². The summed E-state index contributed by atoms with van der Waals surface area (Å²) in [6.45, 7) is 0. The van der Waals surface area contributed by atoms with E-state index in [2.05, 4.69) is 10.1 Å². The zero-order chi connectivity index (χ0) is 17.6. The summed E-state index contributed by atoms with van der Waals surface area (Å²) in [6, 6.07) is 17.9. The summed E-state index contributed by atoms with van der Waals surface area (Å²) >= 11 is 6.03. The fraction of sp³-hybridized carbons (Fsp3) is 0.0526. The van der Waals surface area contributed by atoms with Gasteiger partial charge in [-0.2, -0.15) is 5.10 Å². The van der Waals surface area contributed by atoms with Gasteiger partial charge in [0, 0.05) is 29.9 Å². The van der Waals surface area contributed by atoms with E-state index in [1.165, 1.54) is 12.3 Å². The van der Waals surface area contributed by atoms with Crippen molar-refractivity contribution in [1.82, 2.24) is 9.78 Å². The lowest BCUT2D eigenvalue weighted by molar-refractivity contribution is 0.827. The van der Waals surface area contributed by atoms with Crippen LogP contribution in [0.25, 0.3) is 5.69 Å². The molecule has 0 aliphatic carbocycles. The molecule has 0 aliphatic heterocycles. The van der Waals surface area contributed by atoms with Crippen LogP contribution in [-0.4, -0.2) is 21.7 Å². The van der Waals surface area contributed by atoms with Gasteiger partial charge in [0.25, 0.3) is 0 Å². The Hall–Kier alpha value is -3.05. The lowest BCUT2D eigenvalue weighted by Crippen LogP contribution is -2.21. The fourth-order valence-corrected chi connectivity index (χ4v) is 2.50. The molecule has 124 valence electrons. The highest BCUT2D eigenvalue weighted by Crippen LogP contribution is 2.15. The van der Waals surface area contributed by atoms with E-state index in [0.29, 0.717) is 16.4 Å². The monoisotopic (exact) mass is 350 g/mol. The molecule has 0 radical (unpaired) electrons. The molecule has 3 aromatic rings. The molecule has 0 bridgehead atoms. The zero-order valence-corrected chi connectivity index (χ0v) is 14.0. The minimum atomic E-state index is -0.241. The van der Waals surface area contributed by atoms with Gasteiger partial charge in [-0.05, 0) is 30.3 Å². The topological polar surface area (TPSA) is 71.1 Å². The SMILES string of the molecule is N=CCC(=Nc1ccccc1)c1nn(-c2cccc(Cl)c2)ccc1=O. The first-order chi connectivity index (χ1) is 12.2. The lowest BCUT2D eigenvalue weighted by atomic mass is 10.2. The highest BCUT2D eigenvalue weighted by atomic mass is 35.5. The van der Waals surface area contributed by atoms with Gasteiger partial charge in [0.15, 0.2) is 5.69 Å². The molecule has 1 aromatic heterocycles. The van der Waals surface area contributed by atoms with E-state index in [1.807, 2.05) is 42.5 Å². The van der Waals surface area contributed by atoms with Gasteiger partial charge in [-0.3, -0.25) is 9.79 Å². The standard InChI is InChI=1S/C19H15ClN4O/c20-14-5-4-8-16(13-14)24-12-10-18(25)19(23-24)17(9-11-21)22-15-6-2-1-3-7-15/h1-8,10-13,21H,9H2. The molecule has 1 heterocycles. The minimum absolute atomic E-state index is 0.217. The Kier molecular flexibility index (Phi) is 5.16. The van der Waals surface area contributed by atoms with Gasteiger partial charge in [-0.25, -0.2) is 4.68 Å². The van der Waals surface area contributed by atoms with E-state index in [9.17, 15) is 4.79 Å². The number of nitrogens with zero attached hydrogens (tertiary/aromatic N) is 3. The minimum Gasteiger partial charge on any atom is -0.313 e. The molecule has 0 unspecified atom stereocenters. The van der Waals surface area contributed by atoms with Crippen LogP contribution in [0, 0.1) is 5.41 Å². The van der Waals surface area contributed by atoms with Crippen LogP contribution >= 0.6 is 11.6 Å². The molecule has 2 aromatic carbocycles. The van der Waals surface area contributed by atoms with Crippen molar-refractivity contribution in [3.8, 4) is 5.69 Å². The number of aliphatic imine (C=N–C) groups is 1. The van der Waals surface area contributed by atoms with Crippen molar-refractivity contribution in [2.24, 2.45) is 4.99 Å². The van der Waals surface area contributed by atoms with Crippen LogP contribution < -0.4 is 5.43 Å². The molecule has 0 amide bonds. The maximum Gasteiger partial charge on any atom is 0.209 e. The van der Waals surface area contributed by atoms with Crippen molar-refractivity contribution in [2.45, 2.75) is 6.42 Å². The van der Waals surface area contributed by atoms with Crippen molar-refractivity contribution < 1.29 is 0 Å². The van der Waals surface area contributed by atoms with E-state index in [4.69, 9.17) is 17.0 Å². The normalized spacial score (nSPS) is 11.3. The summed E-state index contributed by atoms with van der Waals surface area (Å²) in [5.74, 6) is 0. The van der Waals surface area contributed by atoms with E-state index < -0.39 is 0 Å². The van der Waals surface area contributed by atoms with Crippen LogP contribution in [0.2, 0.25) is 5.02 Å². The number of hydrogen-bond donors (Lipinski definition) is 1. The third kappa shape index (κ3) is 4.08. The molecule has 0 aliphatic rings. The summed E-state index contributed by atoms with van der Waals surface area (Å²) in [4.78, 5) is 16.8. The van der Waals surface area contributed by atoms with E-state index in [0.717, 1.165) is 5.69 Å². The average molecular weight is 351 g/mol. The Morgan fingerprint density at radius 3 is 2.68 bits per heavy atom. The maximum atomic E-state index is 12.3. The first-order valence-corrected chi connectivity index (χ1v) is 8.03. The predicted octanol–water partition coefficient (Wildman–Crippen LogP) is 4.05. The molecule has 0 spiro atoms. The Bertz CT molecular complexity index is 980. The fourth-order valence-electron chi connectivity index (χ4n) is 2.32. The van der Waals surface area contributed by atoms with E-state index >= 15 is 0 Å². The molecule has 6 heteroatoms. The molecule has 3 rings (SSSR count). The second-order valence-corrected chi connectivity index (χ2v) is 5.69. The van der Waals surface area contributed by atoms with Crippen LogP contribution in [-0.2, 0) is 0 Å². The summed E-state index contributed by atoms with van der Waals surface area (Å²) in [5, 5.41) is 12.4. The van der Waals surface area contributed by atoms with Gasteiger partial charge in [0.05, 0.1) is 17.1 Å². The number of aromatic nitrogens is 2. The third-order valence-corrected chi connectivity index (χ3v) is 3.71. The Morgan fingerprint density at radius 2 is 1.96 bits per heavy atom. The van der Waals surface area contributed by atoms with Crippen molar-refractivity contribution in [3.05, 3.63) is 87.8 Å². The van der Waals surface area contributed by atoms with Gasteiger partial charge in [-0.1, -0.05) is 35.9 Å². The van der Waals surface area contributed by atoms with Gasteiger partial charge >= 0.3 is 0 Å². The molecule has 0 saturated carbocycles.